The van der Waals surface area contributed by atoms with Crippen molar-refractivity contribution in [3.05, 3.63) is 66.1 Å². The first kappa shape index (κ1) is 29.1. The van der Waals surface area contributed by atoms with Crippen LogP contribution in [0.5, 0.6) is 5.75 Å². The lowest BCUT2D eigenvalue weighted by atomic mass is 10.1. The molecule has 0 aromatic carbocycles. The first-order chi connectivity index (χ1) is 20.1. The standard InChI is InChI=1S/C26H28N7O8P/c1-17-28-15-33(29-17)24-22-21(20(40-2)13-27-24)19(14-32(22)16-41-42(37,38)39)23(34)26(36)31-11-9-30(10-12-31)25(35)18-7-5-3-4-6-8-18/h3-5,7-8,13-15H,6,9-12,16H2,1-2H3,(H2,37,38,39). The van der Waals surface area contributed by atoms with E-state index >= 15 is 0 Å². The van der Waals surface area contributed by atoms with Gasteiger partial charge in [-0.3, -0.25) is 18.9 Å². The van der Waals surface area contributed by atoms with Crippen LogP contribution >= 0.6 is 7.82 Å². The number of aromatic nitrogens is 5. The highest BCUT2D eigenvalue weighted by atomic mass is 31.2. The lowest BCUT2D eigenvalue weighted by molar-refractivity contribution is -0.134. The summed E-state index contributed by atoms with van der Waals surface area (Å²) in [4.78, 5) is 70.2. The van der Waals surface area contributed by atoms with E-state index in [9.17, 15) is 28.7 Å². The number of carbonyl (C=O) groups is 3. The van der Waals surface area contributed by atoms with Crippen molar-refractivity contribution < 1.29 is 38.0 Å². The SMILES string of the molecule is COc1cnc(-n2cnc(C)n2)c2c1c(C(=O)C(=O)N1CCN(C(=O)C3=CCC=CC=C3)CC1)cn2COP(=O)(O)O. The summed E-state index contributed by atoms with van der Waals surface area (Å²) in [5, 5.41) is 4.43. The van der Waals surface area contributed by atoms with E-state index in [-0.39, 0.29) is 60.1 Å². The monoisotopic (exact) mass is 597 g/mol. The molecule has 1 aliphatic carbocycles. The largest absolute Gasteiger partial charge is 0.494 e. The van der Waals surface area contributed by atoms with Gasteiger partial charge in [0.25, 0.3) is 17.6 Å². The van der Waals surface area contributed by atoms with Gasteiger partial charge in [-0.2, -0.15) is 5.10 Å². The number of phosphoric acid groups is 1. The minimum atomic E-state index is -4.90. The van der Waals surface area contributed by atoms with E-state index < -0.39 is 26.2 Å². The summed E-state index contributed by atoms with van der Waals surface area (Å²) >= 11 is 0. The molecule has 0 bridgehead atoms. The van der Waals surface area contributed by atoms with Crippen molar-refractivity contribution in [1.29, 1.82) is 0 Å². The fourth-order valence-electron chi connectivity index (χ4n) is 4.76. The average Bonchev–Trinajstić information content (AvgIpc) is 3.47. The second kappa shape index (κ2) is 11.8. The number of ether oxygens (including phenoxy) is 1. The van der Waals surface area contributed by atoms with Crippen LogP contribution in [0.25, 0.3) is 16.7 Å². The van der Waals surface area contributed by atoms with Gasteiger partial charge in [0.15, 0.2) is 5.82 Å². The molecule has 0 saturated carbocycles. The molecule has 16 heteroatoms. The highest BCUT2D eigenvalue weighted by Gasteiger charge is 2.33. The number of ketones is 1. The Bertz CT molecular complexity index is 1690. The number of aryl methyl sites for hydroxylation is 1. The number of nitrogens with zero attached hydrogens (tertiary/aromatic N) is 7. The predicted molar refractivity (Wildman–Crippen MR) is 148 cm³/mol. The number of allylic oxidation sites excluding steroid dienone is 4. The van der Waals surface area contributed by atoms with Crippen LogP contribution in [0.2, 0.25) is 0 Å². The minimum absolute atomic E-state index is 0.0820. The first-order valence-corrected chi connectivity index (χ1v) is 14.4. The normalized spacial score (nSPS) is 15.6. The molecule has 2 N–H and O–H groups in total. The van der Waals surface area contributed by atoms with Crippen LogP contribution in [-0.2, 0) is 25.4 Å². The van der Waals surface area contributed by atoms with Crippen LogP contribution in [0, 0.1) is 6.92 Å². The maximum atomic E-state index is 13.7. The molecular formula is C26H28N7O8P. The Kier molecular flexibility index (Phi) is 8.18. The van der Waals surface area contributed by atoms with Gasteiger partial charge in [0.1, 0.15) is 30.1 Å². The van der Waals surface area contributed by atoms with Gasteiger partial charge < -0.3 is 28.9 Å². The molecule has 0 spiro atoms. The summed E-state index contributed by atoms with van der Waals surface area (Å²) < 4.78 is 24.2. The molecule has 3 aromatic rings. The molecule has 1 fully saturated rings. The lowest BCUT2D eigenvalue weighted by Crippen LogP contribution is -2.52. The van der Waals surface area contributed by atoms with Gasteiger partial charge in [-0.15, -0.1) is 0 Å². The number of phosphoric ester groups is 1. The number of rotatable bonds is 8. The van der Waals surface area contributed by atoms with Crippen molar-refractivity contribution in [2.24, 2.45) is 0 Å². The number of carbonyl (C=O) groups excluding carboxylic acids is 3. The smallest absolute Gasteiger partial charge is 0.471 e. The molecule has 1 aliphatic heterocycles. The van der Waals surface area contributed by atoms with Crippen LogP contribution in [0.4, 0.5) is 0 Å². The van der Waals surface area contributed by atoms with Crippen LogP contribution in [-0.4, -0.2) is 94.8 Å². The predicted octanol–water partition coefficient (Wildman–Crippen LogP) is 1.30. The third-order valence-corrected chi connectivity index (χ3v) is 7.24. The van der Waals surface area contributed by atoms with Crippen molar-refractivity contribution in [3.8, 4) is 11.6 Å². The van der Waals surface area contributed by atoms with Crippen LogP contribution < -0.4 is 4.74 Å². The quantitative estimate of drug-likeness (QED) is 0.217. The fourth-order valence-corrected chi connectivity index (χ4v) is 5.04. The number of pyridine rings is 1. The van der Waals surface area contributed by atoms with Gasteiger partial charge in [-0.25, -0.2) is 19.2 Å². The fraction of sp³-hybridized carbons (Fsp3) is 0.308. The van der Waals surface area contributed by atoms with Gasteiger partial charge in [0, 0.05) is 37.9 Å². The molecule has 0 unspecified atom stereocenters. The number of methoxy groups -OCH3 is 1. The summed E-state index contributed by atoms with van der Waals surface area (Å²) in [7, 11) is -3.54. The number of Topliss-reactive ketones (excluding diaryl/α,β-unsaturated/α-hetero) is 1. The second-order valence-corrected chi connectivity index (χ2v) is 10.7. The zero-order chi connectivity index (χ0) is 30.0. The molecule has 5 rings (SSSR count). The number of hydrogen-bond acceptors (Lipinski definition) is 9. The average molecular weight is 598 g/mol. The van der Waals surface area contributed by atoms with Crippen molar-refractivity contribution in [2.75, 3.05) is 33.3 Å². The Balaban J connectivity index is 1.45. The van der Waals surface area contributed by atoms with E-state index in [4.69, 9.17) is 9.26 Å². The first-order valence-electron chi connectivity index (χ1n) is 12.9. The van der Waals surface area contributed by atoms with E-state index in [0.717, 1.165) is 0 Å². The molecular weight excluding hydrogens is 569 g/mol. The third-order valence-electron chi connectivity index (χ3n) is 6.79. The zero-order valence-electron chi connectivity index (χ0n) is 22.8. The van der Waals surface area contributed by atoms with Gasteiger partial charge in [0.05, 0.1) is 24.3 Å². The van der Waals surface area contributed by atoms with Crippen LogP contribution in [0.15, 0.2) is 54.7 Å². The Morgan fingerprint density at radius 2 is 1.81 bits per heavy atom. The van der Waals surface area contributed by atoms with E-state index in [2.05, 4.69) is 15.1 Å². The topological polar surface area (TPSA) is 182 Å². The molecule has 220 valence electrons. The van der Waals surface area contributed by atoms with Gasteiger partial charge in [-0.05, 0) is 19.4 Å². The highest BCUT2D eigenvalue weighted by molar-refractivity contribution is 7.46. The summed E-state index contributed by atoms with van der Waals surface area (Å²) in [6.07, 6.45) is 13.8. The summed E-state index contributed by atoms with van der Waals surface area (Å²) in [6.45, 7) is 1.78. The Morgan fingerprint density at radius 1 is 1.07 bits per heavy atom. The molecule has 0 radical (unpaired) electrons. The van der Waals surface area contributed by atoms with E-state index in [1.54, 1.807) is 24.0 Å². The molecule has 1 saturated heterocycles. The van der Waals surface area contributed by atoms with Crippen molar-refractivity contribution >= 4 is 36.3 Å². The molecule has 0 atom stereocenters. The van der Waals surface area contributed by atoms with Crippen LogP contribution in [0.3, 0.4) is 0 Å². The summed E-state index contributed by atoms with van der Waals surface area (Å²) in [5.74, 6) is -1.08. The van der Waals surface area contributed by atoms with Gasteiger partial charge in [0.2, 0.25) is 0 Å². The van der Waals surface area contributed by atoms with Gasteiger partial charge in [-0.1, -0.05) is 24.3 Å². The highest BCUT2D eigenvalue weighted by Crippen LogP contribution is 2.39. The zero-order valence-corrected chi connectivity index (χ0v) is 23.7. The molecule has 42 heavy (non-hydrogen) atoms. The maximum absolute atomic E-state index is 13.7. The maximum Gasteiger partial charge on any atom is 0.471 e. The number of fused-ring (bicyclic) bond motifs is 1. The Hall–Kier alpha value is -4.43. The molecule has 2 amide bonds. The molecule has 4 heterocycles. The van der Waals surface area contributed by atoms with Gasteiger partial charge >= 0.3 is 7.82 Å². The van der Waals surface area contributed by atoms with E-state index in [1.165, 1.54) is 40.0 Å². The van der Waals surface area contributed by atoms with Crippen molar-refractivity contribution in [2.45, 2.75) is 20.1 Å². The van der Waals surface area contributed by atoms with Crippen molar-refractivity contribution in [1.82, 2.24) is 34.1 Å². The van der Waals surface area contributed by atoms with E-state index in [0.29, 0.717) is 17.8 Å². The summed E-state index contributed by atoms with van der Waals surface area (Å²) in [6, 6.07) is 0. The Morgan fingerprint density at radius 3 is 2.48 bits per heavy atom. The molecule has 2 aliphatic rings. The number of piperazine rings is 1. The van der Waals surface area contributed by atoms with Crippen molar-refractivity contribution in [3.63, 3.8) is 0 Å². The third kappa shape index (κ3) is 5.94. The number of amides is 2. The molecule has 3 aromatic heterocycles. The van der Waals surface area contributed by atoms with Crippen LogP contribution in [0.1, 0.15) is 22.6 Å². The lowest BCUT2D eigenvalue weighted by Gasteiger charge is -2.34. The second-order valence-electron chi connectivity index (χ2n) is 9.47. The number of hydrogen-bond donors (Lipinski definition) is 2. The van der Waals surface area contributed by atoms with E-state index in [1.807, 2.05) is 18.2 Å². The Labute approximate surface area is 239 Å². The molecule has 15 nitrogen and oxygen atoms in total. The summed E-state index contributed by atoms with van der Waals surface area (Å²) in [5.41, 5.74) is 0.667. The minimum Gasteiger partial charge on any atom is -0.494 e.